The molecule has 0 atom stereocenters. The highest BCUT2D eigenvalue weighted by Crippen LogP contribution is 2.23. The number of hydrogen-bond donors (Lipinski definition) is 1. The Morgan fingerprint density at radius 2 is 1.83 bits per heavy atom. The molecule has 29 heavy (non-hydrogen) atoms. The molecule has 3 rings (SSSR count). The smallest absolute Gasteiger partial charge is 0.273 e. The molecule has 0 aliphatic rings. The molecule has 7 nitrogen and oxygen atoms in total. The van der Waals surface area contributed by atoms with Gasteiger partial charge in [-0.2, -0.15) is 0 Å². The Kier molecular flexibility index (Phi) is 7.35. The maximum Gasteiger partial charge on any atom is 0.273 e. The Hall–Kier alpha value is -2.74. The zero-order valence-electron chi connectivity index (χ0n) is 17.1. The molecule has 0 unspecified atom stereocenters. The molecule has 0 spiro atoms. The van der Waals surface area contributed by atoms with E-state index in [2.05, 4.69) is 32.5 Å². The first-order chi connectivity index (χ1) is 14.1. The monoisotopic (exact) mass is 410 g/mol. The van der Waals surface area contributed by atoms with E-state index in [-0.39, 0.29) is 5.91 Å². The van der Waals surface area contributed by atoms with Crippen LogP contribution in [0.1, 0.15) is 53.8 Å². The molecule has 1 aromatic carbocycles. The summed E-state index contributed by atoms with van der Waals surface area (Å²) in [4.78, 5) is 21.7. The van der Waals surface area contributed by atoms with Crippen molar-refractivity contribution >= 4 is 17.7 Å². The van der Waals surface area contributed by atoms with E-state index in [0.29, 0.717) is 23.1 Å². The summed E-state index contributed by atoms with van der Waals surface area (Å²) in [6.45, 7) is 6.67. The molecule has 0 aliphatic heterocycles. The van der Waals surface area contributed by atoms with Crippen molar-refractivity contribution in [1.82, 2.24) is 30.3 Å². The highest BCUT2D eigenvalue weighted by molar-refractivity contribution is 7.98. The molecule has 0 aliphatic carbocycles. The number of rotatable bonds is 9. The summed E-state index contributed by atoms with van der Waals surface area (Å²) in [5.74, 6) is 0.294. The van der Waals surface area contributed by atoms with Gasteiger partial charge in [-0.1, -0.05) is 54.9 Å². The Morgan fingerprint density at radius 3 is 2.52 bits per heavy atom. The Balaban J connectivity index is 1.84. The van der Waals surface area contributed by atoms with Gasteiger partial charge in [-0.3, -0.25) is 4.79 Å². The number of unbranched alkanes of at least 4 members (excludes halogenated alkanes) is 2. The molecule has 1 N–H and O–H groups in total. The second kappa shape index (κ2) is 10.2. The van der Waals surface area contributed by atoms with Crippen LogP contribution in [0.25, 0.3) is 5.69 Å². The lowest BCUT2D eigenvalue weighted by Crippen LogP contribution is -2.26. The third-order valence-electron chi connectivity index (χ3n) is 4.34. The molecule has 0 radical (unpaired) electrons. The zero-order chi connectivity index (χ0) is 20.6. The number of nitrogens with one attached hydrogen (secondary N) is 1. The standard InChI is InChI=1S/C21H26N6OS/c1-4-5-9-12-22-20(28)19-18(14-29-21-23-15(2)13-16(3)24-21)27(26-25-19)17-10-7-6-8-11-17/h6-8,10-11,13H,4-5,9,12,14H2,1-3H3,(H,22,28). The van der Waals surface area contributed by atoms with Gasteiger partial charge in [0.25, 0.3) is 5.91 Å². The van der Waals surface area contributed by atoms with Gasteiger partial charge in [0.1, 0.15) is 0 Å². The van der Waals surface area contributed by atoms with Crippen LogP contribution in [0.5, 0.6) is 0 Å². The van der Waals surface area contributed by atoms with Crippen LogP contribution in [0.4, 0.5) is 0 Å². The second-order valence-corrected chi connectivity index (χ2v) is 7.76. The minimum absolute atomic E-state index is 0.194. The van der Waals surface area contributed by atoms with Gasteiger partial charge in [-0.05, 0) is 38.5 Å². The van der Waals surface area contributed by atoms with Crippen molar-refractivity contribution in [3.8, 4) is 5.69 Å². The number of carbonyl (C=O) groups excluding carboxylic acids is 1. The second-order valence-electron chi connectivity index (χ2n) is 6.82. The highest BCUT2D eigenvalue weighted by Gasteiger charge is 2.21. The van der Waals surface area contributed by atoms with Crippen molar-refractivity contribution in [3.05, 3.63) is 59.2 Å². The number of carbonyl (C=O) groups is 1. The lowest BCUT2D eigenvalue weighted by molar-refractivity contribution is 0.0947. The minimum Gasteiger partial charge on any atom is -0.351 e. The summed E-state index contributed by atoms with van der Waals surface area (Å²) >= 11 is 1.48. The van der Waals surface area contributed by atoms with Gasteiger partial charge in [0.2, 0.25) is 0 Å². The van der Waals surface area contributed by atoms with E-state index in [0.717, 1.165) is 42.0 Å². The number of aryl methyl sites for hydroxylation is 2. The third-order valence-corrected chi connectivity index (χ3v) is 5.20. The topological polar surface area (TPSA) is 85.6 Å². The lowest BCUT2D eigenvalue weighted by Gasteiger charge is -2.09. The van der Waals surface area contributed by atoms with Crippen LogP contribution in [0.3, 0.4) is 0 Å². The van der Waals surface area contributed by atoms with Gasteiger partial charge < -0.3 is 5.32 Å². The first-order valence-corrected chi connectivity index (χ1v) is 10.8. The Labute approximate surface area is 175 Å². The molecule has 152 valence electrons. The number of benzene rings is 1. The van der Waals surface area contributed by atoms with Crippen molar-refractivity contribution in [3.63, 3.8) is 0 Å². The SMILES string of the molecule is CCCCCNC(=O)c1nnn(-c2ccccc2)c1CSc1nc(C)cc(C)n1. The quantitative estimate of drug-likeness (QED) is 0.327. The Morgan fingerprint density at radius 1 is 1.10 bits per heavy atom. The molecule has 0 saturated heterocycles. The molecule has 0 saturated carbocycles. The van der Waals surface area contributed by atoms with Crippen LogP contribution in [0, 0.1) is 13.8 Å². The maximum absolute atomic E-state index is 12.7. The van der Waals surface area contributed by atoms with Crippen molar-refractivity contribution < 1.29 is 4.79 Å². The van der Waals surface area contributed by atoms with E-state index < -0.39 is 0 Å². The van der Waals surface area contributed by atoms with Crippen molar-refractivity contribution in [1.29, 1.82) is 0 Å². The van der Waals surface area contributed by atoms with Gasteiger partial charge in [-0.25, -0.2) is 14.6 Å². The van der Waals surface area contributed by atoms with Crippen LogP contribution in [-0.4, -0.2) is 37.4 Å². The first kappa shape index (κ1) is 21.0. The molecule has 1 amide bonds. The summed E-state index contributed by atoms with van der Waals surface area (Å²) in [6.07, 6.45) is 3.15. The van der Waals surface area contributed by atoms with Crippen LogP contribution < -0.4 is 5.32 Å². The fourth-order valence-corrected chi connectivity index (χ4v) is 3.88. The van der Waals surface area contributed by atoms with E-state index in [1.807, 2.05) is 50.2 Å². The largest absolute Gasteiger partial charge is 0.351 e. The van der Waals surface area contributed by atoms with E-state index in [4.69, 9.17) is 0 Å². The van der Waals surface area contributed by atoms with Crippen molar-refractivity contribution in [2.45, 2.75) is 50.9 Å². The number of hydrogen-bond acceptors (Lipinski definition) is 6. The fourth-order valence-electron chi connectivity index (χ4n) is 2.94. The average molecular weight is 411 g/mol. The average Bonchev–Trinajstić information content (AvgIpc) is 3.13. The molecule has 3 aromatic rings. The predicted molar refractivity (Wildman–Crippen MR) is 114 cm³/mol. The van der Waals surface area contributed by atoms with Gasteiger partial charge in [-0.15, -0.1) is 5.10 Å². The Bertz CT molecular complexity index is 937. The molecule has 8 heteroatoms. The number of thioether (sulfide) groups is 1. The summed E-state index contributed by atoms with van der Waals surface area (Å²) in [5, 5.41) is 12.1. The van der Waals surface area contributed by atoms with E-state index in [9.17, 15) is 4.79 Å². The van der Waals surface area contributed by atoms with Crippen LogP contribution >= 0.6 is 11.8 Å². The first-order valence-electron chi connectivity index (χ1n) is 9.81. The molecule has 2 aromatic heterocycles. The van der Waals surface area contributed by atoms with E-state index >= 15 is 0 Å². The van der Waals surface area contributed by atoms with Crippen LogP contribution in [0.2, 0.25) is 0 Å². The summed E-state index contributed by atoms with van der Waals surface area (Å²) in [6, 6.07) is 11.6. The number of nitrogens with zero attached hydrogens (tertiary/aromatic N) is 5. The lowest BCUT2D eigenvalue weighted by atomic mass is 10.2. The summed E-state index contributed by atoms with van der Waals surface area (Å²) in [5.41, 5.74) is 3.79. The normalized spacial score (nSPS) is 10.9. The van der Waals surface area contributed by atoms with Crippen molar-refractivity contribution in [2.75, 3.05) is 6.54 Å². The highest BCUT2D eigenvalue weighted by atomic mass is 32.2. The number of amides is 1. The van der Waals surface area contributed by atoms with Gasteiger partial charge in [0.15, 0.2) is 10.9 Å². The zero-order valence-corrected chi connectivity index (χ0v) is 17.9. The third kappa shape index (κ3) is 5.63. The van der Waals surface area contributed by atoms with Gasteiger partial charge in [0.05, 0.1) is 11.4 Å². The minimum atomic E-state index is -0.194. The number of para-hydroxylation sites is 1. The summed E-state index contributed by atoms with van der Waals surface area (Å²) < 4.78 is 1.72. The molecule has 0 fully saturated rings. The van der Waals surface area contributed by atoms with E-state index in [1.54, 1.807) is 4.68 Å². The molecule has 2 heterocycles. The van der Waals surface area contributed by atoms with Crippen molar-refractivity contribution in [2.24, 2.45) is 0 Å². The van der Waals surface area contributed by atoms with Crippen LogP contribution in [-0.2, 0) is 5.75 Å². The number of aromatic nitrogens is 5. The van der Waals surface area contributed by atoms with Gasteiger partial charge >= 0.3 is 0 Å². The van der Waals surface area contributed by atoms with Crippen LogP contribution in [0.15, 0.2) is 41.6 Å². The maximum atomic E-state index is 12.7. The molecular weight excluding hydrogens is 384 g/mol. The van der Waals surface area contributed by atoms with Gasteiger partial charge in [0, 0.05) is 23.7 Å². The van der Waals surface area contributed by atoms with E-state index in [1.165, 1.54) is 11.8 Å². The fraction of sp³-hybridized carbons (Fsp3) is 0.381. The predicted octanol–water partition coefficient (Wildman–Crippen LogP) is 3.89. The molecular formula is C21H26N6OS. The molecule has 0 bridgehead atoms. The summed E-state index contributed by atoms with van der Waals surface area (Å²) in [7, 11) is 0.